The average Bonchev–Trinajstić information content (AvgIpc) is 2.95. The molecule has 0 radical (unpaired) electrons. The van der Waals surface area contributed by atoms with Crippen molar-refractivity contribution in [3.05, 3.63) is 35.4 Å². The summed E-state index contributed by atoms with van der Waals surface area (Å²) in [4.78, 5) is 12.0. The summed E-state index contributed by atoms with van der Waals surface area (Å²) < 4.78 is 3.56. The molecule has 1 N–H and O–H groups in total. The molecule has 2 aromatic heterocycles. The van der Waals surface area contributed by atoms with E-state index in [1.165, 1.54) is 0 Å². The molecule has 2 aromatic rings. The third-order valence-corrected chi connectivity index (χ3v) is 3.36. The van der Waals surface area contributed by atoms with E-state index in [0.29, 0.717) is 0 Å². The molecule has 0 saturated carbocycles. The molecule has 0 saturated heterocycles. The second-order valence-corrected chi connectivity index (χ2v) is 4.94. The number of hydrogen-bond donors (Lipinski definition) is 1. The maximum absolute atomic E-state index is 12.0. The van der Waals surface area contributed by atoms with Gasteiger partial charge in [0, 0.05) is 24.0 Å². The molecule has 0 aromatic carbocycles. The molecule has 1 atom stereocenters. The second kappa shape index (κ2) is 5.90. The SMILES string of the molecule is CCn1ncc(C(C)NC(=O)Cn2ccc(C)n2)c1C. The van der Waals surface area contributed by atoms with Gasteiger partial charge in [-0.05, 0) is 33.8 Å². The lowest BCUT2D eigenvalue weighted by Gasteiger charge is -2.14. The molecule has 1 unspecified atom stereocenters. The summed E-state index contributed by atoms with van der Waals surface area (Å²) in [5, 5.41) is 11.5. The van der Waals surface area contributed by atoms with Gasteiger partial charge >= 0.3 is 0 Å². The van der Waals surface area contributed by atoms with Gasteiger partial charge in [0.15, 0.2) is 0 Å². The van der Waals surface area contributed by atoms with Crippen molar-refractivity contribution in [2.45, 2.75) is 46.8 Å². The van der Waals surface area contributed by atoms with E-state index in [2.05, 4.69) is 15.5 Å². The maximum Gasteiger partial charge on any atom is 0.242 e. The molecule has 0 aliphatic heterocycles. The molecule has 0 spiro atoms. The maximum atomic E-state index is 12.0. The van der Waals surface area contributed by atoms with Crippen molar-refractivity contribution in [2.75, 3.05) is 0 Å². The predicted molar refractivity (Wildman–Crippen MR) is 76.2 cm³/mol. The van der Waals surface area contributed by atoms with Crippen LogP contribution in [-0.4, -0.2) is 25.5 Å². The summed E-state index contributed by atoms with van der Waals surface area (Å²) in [6, 6.07) is 1.83. The zero-order valence-corrected chi connectivity index (χ0v) is 12.4. The van der Waals surface area contributed by atoms with Crippen LogP contribution in [0.15, 0.2) is 18.5 Å². The van der Waals surface area contributed by atoms with Crippen molar-refractivity contribution in [1.82, 2.24) is 24.9 Å². The number of amides is 1. The normalized spacial score (nSPS) is 12.4. The topological polar surface area (TPSA) is 64.7 Å². The van der Waals surface area contributed by atoms with Crippen LogP contribution in [0.4, 0.5) is 0 Å². The van der Waals surface area contributed by atoms with Crippen LogP contribution < -0.4 is 5.32 Å². The van der Waals surface area contributed by atoms with E-state index in [4.69, 9.17) is 0 Å². The van der Waals surface area contributed by atoms with Gasteiger partial charge in [0.05, 0.1) is 17.9 Å². The van der Waals surface area contributed by atoms with Crippen molar-refractivity contribution in [1.29, 1.82) is 0 Å². The van der Waals surface area contributed by atoms with Crippen LogP contribution in [0.25, 0.3) is 0 Å². The number of hydrogen-bond acceptors (Lipinski definition) is 3. The fraction of sp³-hybridized carbons (Fsp3) is 0.500. The number of carbonyl (C=O) groups excluding carboxylic acids is 1. The van der Waals surface area contributed by atoms with Crippen LogP contribution in [0.5, 0.6) is 0 Å². The Balaban J connectivity index is 1.98. The van der Waals surface area contributed by atoms with E-state index >= 15 is 0 Å². The van der Waals surface area contributed by atoms with Crippen LogP contribution in [0.2, 0.25) is 0 Å². The molecule has 2 heterocycles. The molecule has 2 rings (SSSR count). The van der Waals surface area contributed by atoms with Crippen molar-refractivity contribution in [2.24, 2.45) is 0 Å². The van der Waals surface area contributed by atoms with E-state index in [0.717, 1.165) is 23.5 Å². The highest BCUT2D eigenvalue weighted by Gasteiger charge is 2.15. The Kier molecular flexibility index (Phi) is 4.22. The van der Waals surface area contributed by atoms with Crippen LogP contribution in [-0.2, 0) is 17.9 Å². The number of carbonyl (C=O) groups is 1. The molecule has 0 aliphatic rings. The highest BCUT2D eigenvalue weighted by Crippen LogP contribution is 2.16. The molecule has 0 bridgehead atoms. The minimum absolute atomic E-state index is 0.0516. The Labute approximate surface area is 118 Å². The van der Waals surface area contributed by atoms with Crippen molar-refractivity contribution in [3.63, 3.8) is 0 Å². The smallest absolute Gasteiger partial charge is 0.242 e. The second-order valence-electron chi connectivity index (χ2n) is 4.94. The lowest BCUT2D eigenvalue weighted by molar-refractivity contribution is -0.122. The third kappa shape index (κ3) is 3.07. The summed E-state index contributed by atoms with van der Waals surface area (Å²) in [6.07, 6.45) is 3.63. The van der Waals surface area contributed by atoms with Crippen LogP contribution in [0.1, 0.15) is 36.8 Å². The van der Waals surface area contributed by atoms with Gasteiger partial charge in [-0.2, -0.15) is 10.2 Å². The molecular weight excluding hydrogens is 254 g/mol. The fourth-order valence-electron chi connectivity index (χ4n) is 2.27. The van der Waals surface area contributed by atoms with Gasteiger partial charge < -0.3 is 5.32 Å². The molecule has 6 heteroatoms. The van der Waals surface area contributed by atoms with Gasteiger partial charge in [-0.25, -0.2) is 0 Å². The standard InChI is InChI=1S/C14H21N5O/c1-5-19-12(4)13(8-15-19)11(3)16-14(20)9-18-7-6-10(2)17-18/h6-8,11H,5,9H2,1-4H3,(H,16,20). The first-order valence-electron chi connectivity index (χ1n) is 6.83. The van der Waals surface area contributed by atoms with E-state index in [1.54, 1.807) is 10.9 Å². The Hall–Kier alpha value is -2.11. The van der Waals surface area contributed by atoms with Crippen molar-refractivity contribution >= 4 is 5.91 Å². The van der Waals surface area contributed by atoms with E-state index in [1.807, 2.05) is 44.6 Å². The Bertz CT molecular complexity index is 598. The molecule has 6 nitrogen and oxygen atoms in total. The first-order chi connectivity index (χ1) is 9.51. The average molecular weight is 275 g/mol. The first kappa shape index (κ1) is 14.3. The van der Waals surface area contributed by atoms with E-state index in [-0.39, 0.29) is 18.5 Å². The molecule has 0 aliphatic carbocycles. The largest absolute Gasteiger partial charge is 0.348 e. The summed E-state index contributed by atoms with van der Waals surface area (Å²) in [5.41, 5.74) is 3.05. The highest BCUT2D eigenvalue weighted by atomic mass is 16.2. The zero-order chi connectivity index (χ0) is 14.7. The molecule has 1 amide bonds. The number of aromatic nitrogens is 4. The molecule has 20 heavy (non-hydrogen) atoms. The van der Waals surface area contributed by atoms with Gasteiger partial charge in [0.2, 0.25) is 5.91 Å². The zero-order valence-electron chi connectivity index (χ0n) is 12.4. The fourth-order valence-corrected chi connectivity index (χ4v) is 2.27. The lowest BCUT2D eigenvalue weighted by Crippen LogP contribution is -2.30. The molecule has 108 valence electrons. The highest BCUT2D eigenvalue weighted by molar-refractivity contribution is 5.76. The quantitative estimate of drug-likeness (QED) is 0.901. The van der Waals surface area contributed by atoms with Gasteiger partial charge in [-0.15, -0.1) is 0 Å². The van der Waals surface area contributed by atoms with Crippen molar-refractivity contribution in [3.8, 4) is 0 Å². The van der Waals surface area contributed by atoms with Gasteiger partial charge in [-0.3, -0.25) is 14.2 Å². The molecular formula is C14H21N5O. The van der Waals surface area contributed by atoms with E-state index < -0.39 is 0 Å². The number of rotatable bonds is 5. The van der Waals surface area contributed by atoms with Crippen LogP contribution in [0.3, 0.4) is 0 Å². The summed E-state index contributed by atoms with van der Waals surface area (Å²) in [5.74, 6) is -0.0516. The van der Waals surface area contributed by atoms with Gasteiger partial charge in [0.1, 0.15) is 6.54 Å². The van der Waals surface area contributed by atoms with Crippen LogP contribution >= 0.6 is 0 Å². The van der Waals surface area contributed by atoms with Gasteiger partial charge in [0.25, 0.3) is 0 Å². The third-order valence-electron chi connectivity index (χ3n) is 3.36. The van der Waals surface area contributed by atoms with E-state index in [9.17, 15) is 4.79 Å². The first-order valence-corrected chi connectivity index (χ1v) is 6.83. The number of nitrogens with one attached hydrogen (secondary N) is 1. The summed E-state index contributed by atoms with van der Waals surface area (Å²) >= 11 is 0. The Morgan fingerprint density at radius 2 is 2.20 bits per heavy atom. The Morgan fingerprint density at radius 3 is 2.75 bits per heavy atom. The van der Waals surface area contributed by atoms with Crippen LogP contribution in [0, 0.1) is 13.8 Å². The Morgan fingerprint density at radius 1 is 1.45 bits per heavy atom. The van der Waals surface area contributed by atoms with Crippen molar-refractivity contribution < 1.29 is 4.79 Å². The minimum Gasteiger partial charge on any atom is -0.348 e. The monoisotopic (exact) mass is 275 g/mol. The lowest BCUT2D eigenvalue weighted by atomic mass is 10.1. The van der Waals surface area contributed by atoms with Gasteiger partial charge in [-0.1, -0.05) is 0 Å². The summed E-state index contributed by atoms with van der Waals surface area (Å²) in [7, 11) is 0. The minimum atomic E-state index is -0.0561. The number of nitrogens with zero attached hydrogens (tertiary/aromatic N) is 4. The predicted octanol–water partition coefficient (Wildman–Crippen LogP) is 1.59. The number of aryl methyl sites for hydroxylation is 2. The molecule has 0 fully saturated rings. The summed E-state index contributed by atoms with van der Waals surface area (Å²) in [6.45, 7) is 9.01.